The molecule has 0 spiro atoms. The van der Waals surface area contributed by atoms with Crippen LogP contribution in [0.25, 0.3) is 0 Å². The fraction of sp³-hybridized carbons (Fsp3) is 0.857. The molecule has 0 bridgehead atoms. The lowest BCUT2D eigenvalue weighted by molar-refractivity contribution is -0.133. The van der Waals surface area contributed by atoms with Gasteiger partial charge in [-0.3, -0.25) is 4.79 Å². The maximum Gasteiger partial charge on any atom is 0.307 e. The molecule has 0 aromatic heterocycles. The number of halogens is 1. The van der Waals surface area contributed by atoms with Crippen molar-refractivity contribution in [2.24, 2.45) is 0 Å². The Kier molecular flexibility index (Phi) is 18.9. The van der Waals surface area contributed by atoms with Crippen molar-refractivity contribution in [2.75, 3.05) is 0 Å². The van der Waals surface area contributed by atoms with E-state index in [9.17, 15) is 4.79 Å². The van der Waals surface area contributed by atoms with Crippen molar-refractivity contribution in [1.82, 2.24) is 0 Å². The Morgan fingerprint density at radius 3 is 2.33 bits per heavy atom. The minimum atomic E-state index is -0.124. The molecule has 5 heteroatoms. The summed E-state index contributed by atoms with van der Waals surface area (Å²) in [4.78, 5) is 10.5. The van der Waals surface area contributed by atoms with Gasteiger partial charge < -0.3 is 4.52 Å². The monoisotopic (exact) mass is 322 g/mol. The number of unbranched alkanes of at least 4 members (excludes halogenated alkanes) is 3. The van der Waals surface area contributed by atoms with E-state index in [1.165, 1.54) is 12.8 Å². The van der Waals surface area contributed by atoms with Crippen molar-refractivity contribution in [3.05, 3.63) is 0 Å². The Labute approximate surface area is 92.6 Å². The van der Waals surface area contributed by atoms with Gasteiger partial charge in [0.1, 0.15) is 0 Å². The molecular formula is C7H17IO2P2. The van der Waals surface area contributed by atoms with Gasteiger partial charge in [-0.25, -0.2) is 0 Å². The van der Waals surface area contributed by atoms with E-state index in [0.717, 1.165) is 12.8 Å². The Bertz CT molecular complexity index is 101. The minimum absolute atomic E-state index is 0.124. The first kappa shape index (κ1) is 15.5. The van der Waals surface area contributed by atoms with Crippen LogP contribution >= 0.6 is 38.4 Å². The van der Waals surface area contributed by atoms with Gasteiger partial charge in [0.2, 0.25) is 0 Å². The summed E-state index contributed by atoms with van der Waals surface area (Å²) in [5, 5.41) is 0. The molecule has 2 unspecified atom stereocenters. The highest BCUT2D eigenvalue weighted by Crippen LogP contribution is 2.04. The summed E-state index contributed by atoms with van der Waals surface area (Å²) >= 11 is 2.07. The van der Waals surface area contributed by atoms with Crippen LogP contribution in [-0.2, 0) is 9.32 Å². The second kappa shape index (κ2) is 14.6. The zero-order valence-corrected chi connectivity index (χ0v) is 11.9. The Hall–Kier alpha value is 1.06. The molecule has 12 heavy (non-hydrogen) atoms. The van der Waals surface area contributed by atoms with E-state index in [2.05, 4.69) is 40.4 Å². The highest BCUT2D eigenvalue weighted by Gasteiger charge is 1.97. The van der Waals surface area contributed by atoms with Gasteiger partial charge >= 0.3 is 5.97 Å². The molecule has 0 radical (unpaired) electrons. The first-order valence-corrected chi connectivity index (χ1v) is 8.57. The van der Waals surface area contributed by atoms with Crippen LogP contribution in [0.3, 0.4) is 0 Å². The van der Waals surface area contributed by atoms with Crippen molar-refractivity contribution >= 4 is 44.4 Å². The minimum Gasteiger partial charge on any atom is -0.452 e. The van der Waals surface area contributed by atoms with Crippen molar-refractivity contribution in [3.8, 4) is 0 Å². The smallest absolute Gasteiger partial charge is 0.307 e. The summed E-state index contributed by atoms with van der Waals surface area (Å²) in [7, 11) is 1.97. The zero-order chi connectivity index (χ0) is 9.82. The average molecular weight is 322 g/mol. The van der Waals surface area contributed by atoms with Gasteiger partial charge in [-0.15, -0.1) is 0 Å². The lowest BCUT2D eigenvalue weighted by atomic mass is 10.2. The highest BCUT2D eigenvalue weighted by molar-refractivity contribution is 14.2. The summed E-state index contributed by atoms with van der Waals surface area (Å²) in [6.07, 6.45) is 5.07. The van der Waals surface area contributed by atoms with Gasteiger partial charge in [-0.1, -0.05) is 55.1 Å². The quantitative estimate of drug-likeness (QED) is 0.440. The molecule has 0 rings (SSSR count). The normalized spacial score (nSPS) is 8.33. The van der Waals surface area contributed by atoms with Gasteiger partial charge in [0, 0.05) is 6.42 Å². The van der Waals surface area contributed by atoms with Gasteiger partial charge in [0.15, 0.2) is 0 Å². The lowest BCUT2D eigenvalue weighted by Crippen LogP contribution is -1.95. The molecule has 0 amide bonds. The van der Waals surface area contributed by atoms with Crippen LogP contribution in [0.4, 0.5) is 0 Å². The number of hydrogen-bond acceptors (Lipinski definition) is 2. The molecule has 0 saturated heterocycles. The van der Waals surface area contributed by atoms with Crippen LogP contribution in [0.15, 0.2) is 0 Å². The van der Waals surface area contributed by atoms with Crippen LogP contribution in [0, 0.1) is 0 Å². The van der Waals surface area contributed by atoms with E-state index in [1.54, 1.807) is 0 Å². The second-order valence-electron chi connectivity index (χ2n) is 2.30. The Balaban J connectivity index is 0. The van der Waals surface area contributed by atoms with Gasteiger partial charge in [0.25, 0.3) is 0 Å². The molecule has 2 nitrogen and oxygen atoms in total. The van der Waals surface area contributed by atoms with Crippen LogP contribution in [-0.4, -0.2) is 5.97 Å². The van der Waals surface area contributed by atoms with Crippen LogP contribution in [0.1, 0.15) is 39.0 Å². The average Bonchev–Trinajstić information content (AvgIpc) is 2.15. The topological polar surface area (TPSA) is 26.3 Å². The number of carbonyl (C=O) groups is 1. The Morgan fingerprint density at radius 2 is 1.92 bits per heavy atom. The first-order chi connectivity index (χ1) is 5.81. The third-order valence-electron chi connectivity index (χ3n) is 1.37. The fourth-order valence-electron chi connectivity index (χ4n) is 0.755. The first-order valence-electron chi connectivity index (χ1n) is 3.92. The molecule has 0 aliphatic heterocycles. The molecule has 74 valence electrons. The molecule has 0 heterocycles. The molecule has 0 aliphatic carbocycles. The number of hydrogen-bond donors (Lipinski definition) is 0. The molecular weight excluding hydrogens is 305 g/mol. The fourth-order valence-corrected chi connectivity index (χ4v) is 0.873. The summed E-state index contributed by atoms with van der Waals surface area (Å²) in [5.41, 5.74) is 0. The van der Waals surface area contributed by atoms with E-state index >= 15 is 0 Å². The van der Waals surface area contributed by atoms with E-state index in [4.69, 9.17) is 0 Å². The van der Waals surface area contributed by atoms with Crippen molar-refractivity contribution in [2.45, 2.75) is 39.0 Å². The van der Waals surface area contributed by atoms with Crippen molar-refractivity contribution in [3.63, 3.8) is 0 Å². The molecule has 0 aromatic rings. The van der Waals surface area contributed by atoms with Gasteiger partial charge in [-0.2, -0.15) is 0 Å². The van der Waals surface area contributed by atoms with Crippen molar-refractivity contribution < 1.29 is 9.32 Å². The van der Waals surface area contributed by atoms with Crippen LogP contribution in [0.5, 0.6) is 0 Å². The predicted octanol–water partition coefficient (Wildman–Crippen LogP) is 3.50. The van der Waals surface area contributed by atoms with E-state index in [-0.39, 0.29) is 5.97 Å². The lowest BCUT2D eigenvalue weighted by Gasteiger charge is -1.96. The summed E-state index contributed by atoms with van der Waals surface area (Å²) in [6.45, 7) is 4.53. The predicted molar refractivity (Wildman–Crippen MR) is 68.3 cm³/mol. The number of carbonyl (C=O) groups excluding carboxylic acids is 1. The highest BCUT2D eigenvalue weighted by atomic mass is 127. The van der Waals surface area contributed by atoms with E-state index in [0.29, 0.717) is 6.42 Å². The zero-order valence-electron chi connectivity index (χ0n) is 7.38. The van der Waals surface area contributed by atoms with Gasteiger partial charge in [-0.05, 0) is 6.42 Å². The third-order valence-corrected chi connectivity index (χ3v) is 1.63. The molecule has 2 atom stereocenters. The Morgan fingerprint density at radius 1 is 1.33 bits per heavy atom. The molecule has 0 saturated carbocycles. The standard InChI is InChI=1S/C7H15O2P.H2IP/c1-2-3-4-5-6-7(8)9-10;1-2/h2-6,10H2,1H3;2H2. The maximum absolute atomic E-state index is 10.5. The maximum atomic E-state index is 10.5. The van der Waals surface area contributed by atoms with E-state index in [1.807, 2.05) is 9.47 Å². The largest absolute Gasteiger partial charge is 0.452 e. The second-order valence-corrected chi connectivity index (χ2v) is 2.54. The van der Waals surface area contributed by atoms with Crippen LogP contribution in [0.2, 0.25) is 0 Å². The molecule has 0 aromatic carbocycles. The van der Waals surface area contributed by atoms with Gasteiger partial charge in [0.05, 0.1) is 9.47 Å². The summed E-state index contributed by atoms with van der Waals surface area (Å²) in [6, 6.07) is 0. The summed E-state index contributed by atoms with van der Waals surface area (Å²) in [5.74, 6) is -0.124. The summed E-state index contributed by atoms with van der Waals surface area (Å²) < 4.78 is 4.41. The van der Waals surface area contributed by atoms with E-state index < -0.39 is 0 Å². The molecule has 0 N–H and O–H groups in total. The number of rotatable bonds is 5. The third kappa shape index (κ3) is 13.6. The molecule has 0 fully saturated rings. The van der Waals surface area contributed by atoms with Crippen LogP contribution < -0.4 is 0 Å². The molecule has 0 aliphatic rings. The SMILES string of the molecule is CCCCCCC(=O)OP.PI. The van der Waals surface area contributed by atoms with Crippen molar-refractivity contribution in [1.29, 1.82) is 0 Å².